The number of rotatable bonds is 3. The van der Waals surface area contributed by atoms with Crippen molar-refractivity contribution in [2.75, 3.05) is 7.05 Å². The van der Waals surface area contributed by atoms with Crippen molar-refractivity contribution < 1.29 is 0 Å². The smallest absolute Gasteiger partial charge is 0.0684 e. The molecule has 0 aliphatic heterocycles. The third-order valence-electron chi connectivity index (χ3n) is 2.39. The Morgan fingerprint density at radius 3 is 2.75 bits per heavy atom. The zero-order valence-corrected chi connectivity index (χ0v) is 11.6. The highest BCUT2D eigenvalue weighted by Gasteiger charge is 2.14. The summed E-state index contributed by atoms with van der Waals surface area (Å²) in [4.78, 5) is 6.85. The SMILES string of the molecule is CNC(c1cncc(Br)c1)c1ccc(C)s1. The Hall–Kier alpha value is -0.710. The molecule has 0 radical (unpaired) electrons. The Morgan fingerprint density at radius 2 is 2.19 bits per heavy atom. The van der Waals surface area contributed by atoms with Crippen LogP contribution in [0, 0.1) is 6.92 Å². The van der Waals surface area contributed by atoms with Crippen LogP contribution in [-0.2, 0) is 0 Å². The molecule has 84 valence electrons. The van der Waals surface area contributed by atoms with Gasteiger partial charge in [0.05, 0.1) is 6.04 Å². The Balaban J connectivity index is 2.36. The normalized spacial score (nSPS) is 12.7. The molecule has 0 aromatic carbocycles. The first-order valence-electron chi connectivity index (χ1n) is 5.05. The van der Waals surface area contributed by atoms with E-state index < -0.39 is 0 Å². The molecule has 1 N–H and O–H groups in total. The first kappa shape index (κ1) is 11.8. The van der Waals surface area contributed by atoms with E-state index >= 15 is 0 Å². The van der Waals surface area contributed by atoms with Gasteiger partial charge in [0.25, 0.3) is 0 Å². The van der Waals surface area contributed by atoms with E-state index in [9.17, 15) is 0 Å². The summed E-state index contributed by atoms with van der Waals surface area (Å²) >= 11 is 5.27. The van der Waals surface area contributed by atoms with Crippen molar-refractivity contribution in [3.63, 3.8) is 0 Å². The average Bonchev–Trinajstić information content (AvgIpc) is 2.66. The number of halogens is 1. The van der Waals surface area contributed by atoms with Gasteiger partial charge in [0.2, 0.25) is 0 Å². The number of aryl methyl sites for hydroxylation is 1. The second-order valence-corrected chi connectivity index (χ2v) is 5.84. The zero-order valence-electron chi connectivity index (χ0n) is 9.20. The molecule has 0 saturated carbocycles. The predicted molar refractivity (Wildman–Crippen MR) is 71.9 cm³/mol. The van der Waals surface area contributed by atoms with Crippen LogP contribution in [0.5, 0.6) is 0 Å². The van der Waals surface area contributed by atoms with Crippen LogP contribution in [-0.4, -0.2) is 12.0 Å². The van der Waals surface area contributed by atoms with E-state index in [1.54, 1.807) is 6.20 Å². The Bertz CT molecular complexity index is 481. The summed E-state index contributed by atoms with van der Waals surface area (Å²) in [6, 6.07) is 6.64. The van der Waals surface area contributed by atoms with Crippen LogP contribution in [0.25, 0.3) is 0 Å². The number of aromatic nitrogens is 1. The minimum atomic E-state index is 0.226. The van der Waals surface area contributed by atoms with Crippen molar-refractivity contribution in [1.82, 2.24) is 10.3 Å². The average molecular weight is 297 g/mol. The number of nitrogens with zero attached hydrogens (tertiary/aromatic N) is 1. The second kappa shape index (κ2) is 5.08. The van der Waals surface area contributed by atoms with Gasteiger partial charge in [-0.2, -0.15) is 0 Å². The van der Waals surface area contributed by atoms with Crippen molar-refractivity contribution in [1.29, 1.82) is 0 Å². The lowest BCUT2D eigenvalue weighted by Crippen LogP contribution is -2.16. The molecule has 0 amide bonds. The number of pyridine rings is 1. The van der Waals surface area contributed by atoms with Crippen molar-refractivity contribution in [2.24, 2.45) is 0 Å². The molecule has 1 unspecified atom stereocenters. The predicted octanol–water partition coefficient (Wildman–Crippen LogP) is 3.52. The summed E-state index contributed by atoms with van der Waals surface area (Å²) in [5.41, 5.74) is 1.18. The molecular formula is C12H13BrN2S. The van der Waals surface area contributed by atoms with Gasteiger partial charge in [-0.05, 0) is 53.7 Å². The summed E-state index contributed by atoms with van der Waals surface area (Å²) in [5.74, 6) is 0. The van der Waals surface area contributed by atoms with Crippen LogP contribution in [0.1, 0.15) is 21.4 Å². The van der Waals surface area contributed by atoms with Gasteiger partial charge in [-0.25, -0.2) is 0 Å². The molecule has 0 spiro atoms. The molecule has 2 aromatic rings. The molecule has 0 fully saturated rings. The number of nitrogens with one attached hydrogen (secondary N) is 1. The van der Waals surface area contributed by atoms with Gasteiger partial charge in [-0.3, -0.25) is 4.98 Å². The fourth-order valence-corrected chi connectivity index (χ4v) is 3.07. The van der Waals surface area contributed by atoms with Gasteiger partial charge in [-0.15, -0.1) is 11.3 Å². The molecule has 4 heteroatoms. The topological polar surface area (TPSA) is 24.9 Å². The Labute approximate surface area is 108 Å². The zero-order chi connectivity index (χ0) is 11.5. The Morgan fingerprint density at radius 1 is 1.38 bits per heavy atom. The molecule has 2 rings (SSSR count). The quantitative estimate of drug-likeness (QED) is 0.937. The van der Waals surface area contributed by atoms with Crippen molar-refractivity contribution in [2.45, 2.75) is 13.0 Å². The standard InChI is InChI=1S/C12H13BrN2S/c1-8-3-4-11(16-8)12(14-2)9-5-10(13)7-15-6-9/h3-7,12,14H,1-2H3. The van der Waals surface area contributed by atoms with Crippen LogP contribution in [0.3, 0.4) is 0 Å². The van der Waals surface area contributed by atoms with Crippen LogP contribution < -0.4 is 5.32 Å². The monoisotopic (exact) mass is 296 g/mol. The van der Waals surface area contributed by atoms with E-state index in [1.807, 2.05) is 24.6 Å². The molecule has 2 aromatic heterocycles. The minimum Gasteiger partial charge on any atom is -0.309 e. The number of hydrogen-bond donors (Lipinski definition) is 1. The van der Waals surface area contributed by atoms with Gasteiger partial charge >= 0.3 is 0 Å². The second-order valence-electron chi connectivity index (χ2n) is 3.61. The maximum Gasteiger partial charge on any atom is 0.0684 e. The summed E-state index contributed by atoms with van der Waals surface area (Å²) in [5, 5.41) is 3.32. The van der Waals surface area contributed by atoms with Gasteiger partial charge < -0.3 is 5.32 Å². The highest BCUT2D eigenvalue weighted by atomic mass is 79.9. The summed E-state index contributed by atoms with van der Waals surface area (Å²) in [6.07, 6.45) is 3.71. The summed E-state index contributed by atoms with van der Waals surface area (Å²) < 4.78 is 1.01. The third kappa shape index (κ3) is 2.51. The first-order chi connectivity index (χ1) is 7.70. The first-order valence-corrected chi connectivity index (χ1v) is 6.65. The van der Waals surface area contributed by atoms with Gasteiger partial charge in [0, 0.05) is 26.6 Å². The number of hydrogen-bond acceptors (Lipinski definition) is 3. The molecule has 2 nitrogen and oxygen atoms in total. The lowest BCUT2D eigenvalue weighted by molar-refractivity contribution is 0.700. The number of thiophene rings is 1. The maximum atomic E-state index is 4.20. The van der Waals surface area contributed by atoms with E-state index in [4.69, 9.17) is 0 Å². The molecule has 0 bridgehead atoms. The van der Waals surface area contributed by atoms with Crippen LogP contribution in [0.4, 0.5) is 0 Å². The lowest BCUT2D eigenvalue weighted by Gasteiger charge is -2.14. The van der Waals surface area contributed by atoms with Crippen molar-refractivity contribution >= 4 is 27.3 Å². The van der Waals surface area contributed by atoms with Crippen molar-refractivity contribution in [3.05, 3.63) is 50.4 Å². The minimum absolute atomic E-state index is 0.226. The van der Waals surface area contributed by atoms with Crippen LogP contribution in [0.15, 0.2) is 35.1 Å². The van der Waals surface area contributed by atoms with Crippen molar-refractivity contribution in [3.8, 4) is 0 Å². The molecular weight excluding hydrogens is 284 g/mol. The fraction of sp³-hybridized carbons (Fsp3) is 0.250. The maximum absolute atomic E-state index is 4.20. The van der Waals surface area contributed by atoms with E-state index in [0.29, 0.717) is 0 Å². The van der Waals surface area contributed by atoms with Crippen LogP contribution in [0.2, 0.25) is 0 Å². The largest absolute Gasteiger partial charge is 0.309 e. The molecule has 0 aliphatic carbocycles. The molecule has 1 atom stereocenters. The van der Waals surface area contributed by atoms with Gasteiger partial charge in [0.15, 0.2) is 0 Å². The molecule has 2 heterocycles. The van der Waals surface area contributed by atoms with E-state index in [1.165, 1.54) is 15.3 Å². The van der Waals surface area contributed by atoms with Crippen LogP contribution >= 0.6 is 27.3 Å². The third-order valence-corrected chi connectivity index (χ3v) is 3.89. The fourth-order valence-electron chi connectivity index (χ4n) is 1.67. The van der Waals surface area contributed by atoms with E-state index in [0.717, 1.165) is 4.47 Å². The molecule has 16 heavy (non-hydrogen) atoms. The van der Waals surface area contributed by atoms with E-state index in [2.05, 4.69) is 51.4 Å². The van der Waals surface area contributed by atoms with E-state index in [-0.39, 0.29) is 6.04 Å². The highest BCUT2D eigenvalue weighted by Crippen LogP contribution is 2.28. The highest BCUT2D eigenvalue weighted by molar-refractivity contribution is 9.10. The lowest BCUT2D eigenvalue weighted by atomic mass is 10.1. The van der Waals surface area contributed by atoms with Gasteiger partial charge in [-0.1, -0.05) is 0 Å². The Kier molecular flexibility index (Phi) is 3.74. The molecule has 0 saturated heterocycles. The summed E-state index contributed by atoms with van der Waals surface area (Å²) in [6.45, 7) is 2.13. The molecule has 0 aliphatic rings. The summed E-state index contributed by atoms with van der Waals surface area (Å²) in [7, 11) is 1.97. The van der Waals surface area contributed by atoms with Gasteiger partial charge in [0.1, 0.15) is 0 Å².